The van der Waals surface area contributed by atoms with Gasteiger partial charge < -0.3 is 15.0 Å². The second kappa shape index (κ2) is 10.5. The van der Waals surface area contributed by atoms with Crippen molar-refractivity contribution in [2.45, 2.75) is 13.0 Å². The summed E-state index contributed by atoms with van der Waals surface area (Å²) in [6, 6.07) is 26.1. The number of halogens is 1. The molecule has 1 aliphatic heterocycles. The Morgan fingerprint density at radius 3 is 2.16 bits per heavy atom. The number of hydrogen-bond donors (Lipinski definition) is 1. The Hall–Kier alpha value is -3.02. The quantitative estimate of drug-likeness (QED) is 0.526. The lowest BCUT2D eigenvalue weighted by Crippen LogP contribution is -2.51. The third-order valence-corrected chi connectivity index (χ3v) is 5.94. The normalized spacial score (nSPS) is 15.2. The van der Waals surface area contributed by atoms with Gasteiger partial charge in [-0.3, -0.25) is 4.90 Å². The van der Waals surface area contributed by atoms with E-state index in [1.807, 2.05) is 54.3 Å². The second-order valence-corrected chi connectivity index (χ2v) is 8.21. The molecule has 0 bridgehead atoms. The van der Waals surface area contributed by atoms with Gasteiger partial charge in [0.1, 0.15) is 5.75 Å². The molecule has 0 saturated carbocycles. The molecule has 1 atom stereocenters. The second-order valence-electron chi connectivity index (χ2n) is 7.78. The Kier molecular flexibility index (Phi) is 7.30. The van der Waals surface area contributed by atoms with Crippen molar-refractivity contribution < 1.29 is 9.53 Å². The molecule has 1 aliphatic rings. The van der Waals surface area contributed by atoms with Crippen molar-refractivity contribution in [1.82, 2.24) is 9.80 Å². The van der Waals surface area contributed by atoms with Gasteiger partial charge in [-0.2, -0.15) is 0 Å². The van der Waals surface area contributed by atoms with Crippen molar-refractivity contribution in [3.63, 3.8) is 0 Å². The van der Waals surface area contributed by atoms with Crippen molar-refractivity contribution in [1.29, 1.82) is 0 Å². The van der Waals surface area contributed by atoms with Crippen LogP contribution in [0, 0.1) is 0 Å². The van der Waals surface area contributed by atoms with Crippen molar-refractivity contribution >= 4 is 23.3 Å². The molecule has 32 heavy (non-hydrogen) atoms. The fourth-order valence-corrected chi connectivity index (χ4v) is 4.21. The lowest BCUT2D eigenvalue weighted by Gasteiger charge is -2.39. The molecule has 166 valence electrons. The van der Waals surface area contributed by atoms with Crippen LogP contribution >= 0.6 is 11.6 Å². The summed E-state index contributed by atoms with van der Waals surface area (Å²) in [7, 11) is 0. The summed E-state index contributed by atoms with van der Waals surface area (Å²) >= 11 is 6.12. The molecular formula is C26H28ClN3O2. The molecule has 1 heterocycles. The number of benzene rings is 3. The van der Waals surface area contributed by atoms with Crippen LogP contribution in [0.2, 0.25) is 5.02 Å². The molecule has 4 rings (SSSR count). The summed E-state index contributed by atoms with van der Waals surface area (Å²) in [5.41, 5.74) is 3.21. The number of nitrogens with one attached hydrogen (secondary N) is 1. The van der Waals surface area contributed by atoms with Crippen LogP contribution in [0.25, 0.3) is 0 Å². The first-order valence-electron chi connectivity index (χ1n) is 11.0. The van der Waals surface area contributed by atoms with E-state index in [1.165, 1.54) is 11.1 Å². The Morgan fingerprint density at radius 1 is 0.906 bits per heavy atom. The summed E-state index contributed by atoms with van der Waals surface area (Å²) < 4.78 is 5.46. The number of carbonyl (C=O) groups excluding carboxylic acids is 1. The number of hydrogen-bond acceptors (Lipinski definition) is 3. The number of anilines is 1. The first-order valence-corrected chi connectivity index (χ1v) is 11.3. The van der Waals surface area contributed by atoms with Crippen molar-refractivity contribution in [2.75, 3.05) is 38.1 Å². The number of ether oxygens (including phenoxy) is 1. The third-order valence-electron chi connectivity index (χ3n) is 5.68. The molecule has 1 N–H and O–H groups in total. The topological polar surface area (TPSA) is 44.8 Å². The predicted octanol–water partition coefficient (Wildman–Crippen LogP) is 5.68. The zero-order valence-electron chi connectivity index (χ0n) is 18.2. The maximum absolute atomic E-state index is 12.8. The van der Waals surface area contributed by atoms with Gasteiger partial charge in [0.2, 0.25) is 0 Å². The number of rotatable bonds is 6. The van der Waals surface area contributed by atoms with Gasteiger partial charge in [-0.05, 0) is 54.4 Å². The van der Waals surface area contributed by atoms with Crippen LogP contribution in [-0.2, 0) is 0 Å². The molecule has 3 aromatic rings. The van der Waals surface area contributed by atoms with Gasteiger partial charge in [-0.25, -0.2) is 4.79 Å². The Bertz CT molecular complexity index is 1000. The predicted molar refractivity (Wildman–Crippen MR) is 130 cm³/mol. The van der Waals surface area contributed by atoms with E-state index in [9.17, 15) is 4.79 Å². The molecular weight excluding hydrogens is 422 g/mol. The minimum absolute atomic E-state index is 0.0726. The van der Waals surface area contributed by atoms with E-state index in [0.717, 1.165) is 29.5 Å². The fraction of sp³-hybridized carbons (Fsp3) is 0.269. The molecule has 0 spiro atoms. The highest BCUT2D eigenvalue weighted by molar-refractivity contribution is 6.30. The molecule has 5 nitrogen and oxygen atoms in total. The highest BCUT2D eigenvalue weighted by Crippen LogP contribution is 2.30. The van der Waals surface area contributed by atoms with Crippen molar-refractivity contribution in [3.05, 3.63) is 95.0 Å². The minimum atomic E-state index is -0.0726. The molecule has 0 aromatic heterocycles. The lowest BCUT2D eigenvalue weighted by molar-refractivity contribution is 0.126. The molecule has 1 fully saturated rings. The zero-order chi connectivity index (χ0) is 22.3. The van der Waals surface area contributed by atoms with Crippen molar-refractivity contribution in [2.24, 2.45) is 0 Å². The van der Waals surface area contributed by atoms with E-state index < -0.39 is 0 Å². The molecule has 0 radical (unpaired) electrons. The average molecular weight is 450 g/mol. The van der Waals surface area contributed by atoms with Crippen LogP contribution in [0.5, 0.6) is 5.75 Å². The Morgan fingerprint density at radius 2 is 1.53 bits per heavy atom. The monoisotopic (exact) mass is 449 g/mol. The first-order chi connectivity index (χ1) is 15.6. The Balaban J connectivity index is 1.41. The molecule has 6 heteroatoms. The minimum Gasteiger partial charge on any atom is -0.494 e. The fourth-order valence-electron chi connectivity index (χ4n) is 4.08. The first kappa shape index (κ1) is 22.2. The van der Waals surface area contributed by atoms with E-state index in [-0.39, 0.29) is 12.1 Å². The maximum Gasteiger partial charge on any atom is 0.321 e. The summed E-state index contributed by atoms with van der Waals surface area (Å²) in [6.45, 7) is 5.48. The zero-order valence-corrected chi connectivity index (χ0v) is 19.0. The molecule has 3 aromatic carbocycles. The third kappa shape index (κ3) is 5.42. The Labute approximate surface area is 194 Å². The van der Waals surface area contributed by atoms with Gasteiger partial charge in [0.05, 0.1) is 12.6 Å². The van der Waals surface area contributed by atoms with Crippen molar-refractivity contribution in [3.8, 4) is 5.75 Å². The van der Waals surface area contributed by atoms with E-state index in [4.69, 9.17) is 16.3 Å². The van der Waals surface area contributed by atoms with Crippen LogP contribution < -0.4 is 10.1 Å². The van der Waals surface area contributed by atoms with E-state index in [2.05, 4.69) is 46.6 Å². The van der Waals surface area contributed by atoms with E-state index in [0.29, 0.717) is 19.7 Å². The van der Waals surface area contributed by atoms with Gasteiger partial charge in [0, 0.05) is 36.9 Å². The average Bonchev–Trinajstić information content (AvgIpc) is 2.83. The lowest BCUT2D eigenvalue weighted by atomic mass is 9.96. The van der Waals surface area contributed by atoms with Gasteiger partial charge >= 0.3 is 6.03 Å². The number of nitrogens with zero attached hydrogens (tertiary/aromatic N) is 2. The molecule has 0 aliphatic carbocycles. The number of carbonyl (C=O) groups is 1. The van der Waals surface area contributed by atoms with Crippen LogP contribution in [-0.4, -0.2) is 48.6 Å². The van der Waals surface area contributed by atoms with Crippen LogP contribution in [0.15, 0.2) is 78.9 Å². The summed E-state index contributed by atoms with van der Waals surface area (Å²) in [5, 5.41) is 3.73. The van der Waals surface area contributed by atoms with Gasteiger partial charge in [-0.1, -0.05) is 54.1 Å². The van der Waals surface area contributed by atoms with Crippen LogP contribution in [0.1, 0.15) is 24.1 Å². The summed E-state index contributed by atoms with van der Waals surface area (Å²) in [4.78, 5) is 17.1. The highest BCUT2D eigenvalue weighted by Gasteiger charge is 2.28. The largest absolute Gasteiger partial charge is 0.494 e. The van der Waals surface area contributed by atoms with Crippen LogP contribution in [0.4, 0.5) is 10.5 Å². The van der Waals surface area contributed by atoms with Gasteiger partial charge in [0.15, 0.2) is 0 Å². The number of piperazine rings is 1. The van der Waals surface area contributed by atoms with Gasteiger partial charge in [-0.15, -0.1) is 0 Å². The smallest absolute Gasteiger partial charge is 0.321 e. The van der Waals surface area contributed by atoms with E-state index >= 15 is 0 Å². The molecule has 1 saturated heterocycles. The highest BCUT2D eigenvalue weighted by atomic mass is 35.5. The number of amides is 2. The molecule has 0 unspecified atom stereocenters. The SMILES string of the molecule is CCOc1ccc(NC(=O)N2CCN([C@@H](c3ccccc3)c3ccc(Cl)cc3)CC2)cc1. The number of urea groups is 1. The molecule has 2 amide bonds. The van der Waals surface area contributed by atoms with Gasteiger partial charge in [0.25, 0.3) is 0 Å². The maximum atomic E-state index is 12.8. The van der Waals surface area contributed by atoms with Crippen LogP contribution in [0.3, 0.4) is 0 Å². The standard InChI is InChI=1S/C26H28ClN3O2/c1-2-32-24-14-12-23(13-15-24)28-26(31)30-18-16-29(17-19-30)25(20-6-4-3-5-7-20)21-8-10-22(27)11-9-21/h3-15,25H,2,16-19H2,1H3,(H,28,31)/t25-/m0/s1. The van der Waals surface area contributed by atoms with E-state index in [1.54, 1.807) is 0 Å². The summed E-state index contributed by atoms with van der Waals surface area (Å²) in [5.74, 6) is 0.799. The summed E-state index contributed by atoms with van der Waals surface area (Å²) in [6.07, 6.45) is 0.